The second-order valence-electron chi connectivity index (χ2n) is 5.67. The Morgan fingerprint density at radius 1 is 0.952 bits per heavy atom. The minimum atomic E-state index is 0.550. The van der Waals surface area contributed by atoms with Crippen LogP contribution in [-0.2, 0) is 0 Å². The maximum atomic E-state index is 2.48. The van der Waals surface area contributed by atoms with E-state index in [0.717, 1.165) is 13.0 Å². The highest BCUT2D eigenvalue weighted by atomic mass is 32.2. The van der Waals surface area contributed by atoms with Gasteiger partial charge in [-0.1, -0.05) is 43.0 Å². The fourth-order valence-electron chi connectivity index (χ4n) is 2.85. The van der Waals surface area contributed by atoms with Crippen molar-refractivity contribution in [2.45, 2.75) is 29.2 Å². The molecule has 2 aromatic rings. The van der Waals surface area contributed by atoms with Crippen LogP contribution in [0.25, 0.3) is 0 Å². The molecule has 0 aromatic heterocycles. The van der Waals surface area contributed by atoms with Crippen LogP contribution < -0.4 is 4.90 Å². The van der Waals surface area contributed by atoms with Crippen LogP contribution in [0.1, 0.15) is 13.3 Å². The number of likely N-dealkylation sites (N-methyl/N-ethyl adjacent to an activating group) is 1. The molecular weight excluding hydrogens is 276 g/mol. The van der Waals surface area contributed by atoms with Crippen molar-refractivity contribution in [3.8, 4) is 0 Å². The lowest BCUT2D eigenvalue weighted by Gasteiger charge is -2.36. The second-order valence-corrected chi connectivity index (χ2v) is 6.76. The first-order valence-corrected chi connectivity index (χ1v) is 8.32. The summed E-state index contributed by atoms with van der Waals surface area (Å²) in [6.07, 6.45) is 1.15. The normalized spacial score (nSPS) is 14.8. The summed E-state index contributed by atoms with van der Waals surface area (Å²) in [6, 6.07) is 18.0. The van der Waals surface area contributed by atoms with Gasteiger partial charge < -0.3 is 9.80 Å². The highest BCUT2D eigenvalue weighted by Crippen LogP contribution is 2.47. The molecule has 0 fully saturated rings. The number of para-hydroxylation sites is 2. The van der Waals surface area contributed by atoms with Crippen LogP contribution in [0.5, 0.6) is 0 Å². The molecule has 0 amide bonds. The highest BCUT2D eigenvalue weighted by Gasteiger charge is 2.25. The maximum absolute atomic E-state index is 2.48. The SMILES string of the molecule is CCC(CN1c2ccccc2Sc2ccccc21)N(C)C. The van der Waals surface area contributed by atoms with Crippen LogP contribution in [0.3, 0.4) is 0 Å². The van der Waals surface area contributed by atoms with Gasteiger partial charge in [0.05, 0.1) is 11.4 Å². The zero-order valence-electron chi connectivity index (χ0n) is 12.9. The molecule has 0 bridgehead atoms. The van der Waals surface area contributed by atoms with Crippen molar-refractivity contribution >= 4 is 23.1 Å². The third-order valence-corrected chi connectivity index (χ3v) is 5.26. The van der Waals surface area contributed by atoms with Crippen molar-refractivity contribution in [2.24, 2.45) is 0 Å². The third-order valence-electron chi connectivity index (χ3n) is 4.13. The van der Waals surface area contributed by atoms with Gasteiger partial charge in [0, 0.05) is 22.4 Å². The van der Waals surface area contributed by atoms with Crippen LogP contribution in [0, 0.1) is 0 Å². The van der Waals surface area contributed by atoms with Crippen LogP contribution in [0.15, 0.2) is 58.3 Å². The van der Waals surface area contributed by atoms with Crippen molar-refractivity contribution in [3.63, 3.8) is 0 Å². The third kappa shape index (κ3) is 2.81. The quantitative estimate of drug-likeness (QED) is 0.812. The molecule has 3 rings (SSSR count). The molecule has 1 atom stereocenters. The van der Waals surface area contributed by atoms with Crippen LogP contribution in [-0.4, -0.2) is 31.6 Å². The molecule has 0 saturated carbocycles. The van der Waals surface area contributed by atoms with E-state index >= 15 is 0 Å². The number of hydrogen-bond donors (Lipinski definition) is 0. The number of hydrogen-bond acceptors (Lipinski definition) is 3. The Hall–Kier alpha value is -1.45. The molecule has 2 aromatic carbocycles. The molecule has 1 aliphatic heterocycles. The summed E-state index contributed by atoms with van der Waals surface area (Å²) in [5.41, 5.74) is 2.67. The standard InChI is InChI=1S/C18H22N2S/c1-4-14(19(2)3)13-20-15-9-5-7-11-17(15)21-18-12-8-6-10-16(18)20/h5-12,14H,4,13H2,1-3H3. The zero-order valence-corrected chi connectivity index (χ0v) is 13.7. The number of benzene rings is 2. The lowest BCUT2D eigenvalue weighted by Crippen LogP contribution is -2.39. The van der Waals surface area contributed by atoms with E-state index in [0.29, 0.717) is 6.04 Å². The molecule has 3 heteroatoms. The van der Waals surface area contributed by atoms with E-state index in [4.69, 9.17) is 0 Å². The fourth-order valence-corrected chi connectivity index (χ4v) is 3.94. The van der Waals surface area contributed by atoms with Gasteiger partial charge in [-0.05, 0) is 44.8 Å². The number of fused-ring (bicyclic) bond motifs is 2. The fraction of sp³-hybridized carbons (Fsp3) is 0.333. The van der Waals surface area contributed by atoms with E-state index < -0.39 is 0 Å². The van der Waals surface area contributed by atoms with Crippen molar-refractivity contribution in [1.82, 2.24) is 4.90 Å². The van der Waals surface area contributed by atoms with Gasteiger partial charge in [-0.2, -0.15) is 0 Å². The van der Waals surface area contributed by atoms with Gasteiger partial charge in [0.1, 0.15) is 0 Å². The monoisotopic (exact) mass is 298 g/mol. The molecule has 0 radical (unpaired) electrons. The molecule has 21 heavy (non-hydrogen) atoms. The average molecular weight is 298 g/mol. The minimum Gasteiger partial charge on any atom is -0.338 e. The van der Waals surface area contributed by atoms with Crippen molar-refractivity contribution in [2.75, 3.05) is 25.5 Å². The van der Waals surface area contributed by atoms with Crippen LogP contribution in [0.4, 0.5) is 11.4 Å². The van der Waals surface area contributed by atoms with Gasteiger partial charge in [0.2, 0.25) is 0 Å². The van der Waals surface area contributed by atoms with E-state index in [2.05, 4.69) is 79.3 Å². The van der Waals surface area contributed by atoms with E-state index in [9.17, 15) is 0 Å². The number of rotatable bonds is 4. The summed E-state index contributed by atoms with van der Waals surface area (Å²) in [7, 11) is 4.34. The molecule has 110 valence electrons. The molecule has 0 saturated heterocycles. The summed E-state index contributed by atoms with van der Waals surface area (Å²) in [4.78, 5) is 7.51. The topological polar surface area (TPSA) is 6.48 Å². The predicted molar refractivity (Wildman–Crippen MR) is 91.8 cm³/mol. The van der Waals surface area contributed by atoms with Crippen molar-refractivity contribution < 1.29 is 0 Å². The number of anilines is 2. The molecule has 0 N–H and O–H groups in total. The Kier molecular flexibility index (Phi) is 4.22. The van der Waals surface area contributed by atoms with Gasteiger partial charge >= 0.3 is 0 Å². The lowest BCUT2D eigenvalue weighted by molar-refractivity contribution is 0.291. The lowest BCUT2D eigenvalue weighted by atomic mass is 10.1. The molecule has 1 aliphatic rings. The Morgan fingerprint density at radius 2 is 1.48 bits per heavy atom. The molecule has 2 nitrogen and oxygen atoms in total. The average Bonchev–Trinajstić information content (AvgIpc) is 2.51. The first-order chi connectivity index (χ1) is 10.2. The van der Waals surface area contributed by atoms with Crippen molar-refractivity contribution in [1.29, 1.82) is 0 Å². The largest absolute Gasteiger partial charge is 0.338 e. The van der Waals surface area contributed by atoms with Crippen molar-refractivity contribution in [3.05, 3.63) is 48.5 Å². The van der Waals surface area contributed by atoms with Crippen LogP contribution >= 0.6 is 11.8 Å². The van der Waals surface area contributed by atoms with Crippen LogP contribution in [0.2, 0.25) is 0 Å². The summed E-state index contributed by atoms with van der Waals surface area (Å²) in [6.45, 7) is 3.29. The summed E-state index contributed by atoms with van der Waals surface area (Å²) in [5, 5.41) is 0. The van der Waals surface area contributed by atoms with Gasteiger partial charge in [-0.25, -0.2) is 0 Å². The summed E-state index contributed by atoms with van der Waals surface area (Å²) in [5.74, 6) is 0. The van der Waals surface area contributed by atoms with E-state index in [-0.39, 0.29) is 0 Å². The van der Waals surface area contributed by atoms with Gasteiger partial charge in [-0.3, -0.25) is 0 Å². The second kappa shape index (κ2) is 6.12. The summed E-state index contributed by atoms with van der Waals surface area (Å²) >= 11 is 1.87. The first-order valence-electron chi connectivity index (χ1n) is 7.50. The zero-order chi connectivity index (χ0) is 14.8. The number of nitrogens with zero attached hydrogens (tertiary/aromatic N) is 2. The predicted octanol–water partition coefficient (Wildman–Crippen LogP) is 4.63. The van der Waals surface area contributed by atoms with Gasteiger partial charge in [0.15, 0.2) is 0 Å². The molecular formula is C18H22N2S. The Labute approximate surface area is 131 Å². The molecule has 0 aliphatic carbocycles. The van der Waals surface area contributed by atoms with E-state index in [1.54, 1.807) is 0 Å². The summed E-state index contributed by atoms with van der Waals surface area (Å²) < 4.78 is 0. The van der Waals surface area contributed by atoms with E-state index in [1.807, 2.05) is 11.8 Å². The Bertz CT molecular complexity index is 579. The molecule has 0 spiro atoms. The first kappa shape index (κ1) is 14.5. The maximum Gasteiger partial charge on any atom is 0.0553 e. The Morgan fingerprint density at radius 3 is 1.95 bits per heavy atom. The van der Waals surface area contributed by atoms with E-state index in [1.165, 1.54) is 21.2 Å². The Balaban J connectivity index is 2.02. The molecule has 1 heterocycles. The highest BCUT2D eigenvalue weighted by molar-refractivity contribution is 7.99. The van der Waals surface area contributed by atoms with Gasteiger partial charge in [-0.15, -0.1) is 0 Å². The van der Waals surface area contributed by atoms with Gasteiger partial charge in [0.25, 0.3) is 0 Å². The molecule has 1 unspecified atom stereocenters. The smallest absolute Gasteiger partial charge is 0.0553 e. The minimum absolute atomic E-state index is 0.550.